The van der Waals surface area contributed by atoms with Gasteiger partial charge >= 0.3 is 5.97 Å². The highest BCUT2D eigenvalue weighted by molar-refractivity contribution is 7.10. The van der Waals surface area contributed by atoms with Gasteiger partial charge in [-0.3, -0.25) is 9.59 Å². The van der Waals surface area contributed by atoms with Crippen molar-refractivity contribution < 1.29 is 14.7 Å². The molecule has 0 spiro atoms. The van der Waals surface area contributed by atoms with Crippen LogP contribution in [0.2, 0.25) is 0 Å². The van der Waals surface area contributed by atoms with Crippen LogP contribution in [-0.2, 0) is 4.79 Å². The molecule has 5 heteroatoms. The molecule has 2 N–H and O–H groups in total. The minimum Gasteiger partial charge on any atom is -0.480 e. The van der Waals surface area contributed by atoms with Crippen molar-refractivity contribution in [1.29, 1.82) is 0 Å². The average Bonchev–Trinajstić information content (AvgIpc) is 2.96. The summed E-state index contributed by atoms with van der Waals surface area (Å²) in [4.78, 5) is 23.4. The van der Waals surface area contributed by atoms with Gasteiger partial charge in [-0.2, -0.15) is 0 Å². The molecule has 0 unspecified atom stereocenters. The summed E-state index contributed by atoms with van der Waals surface area (Å²) >= 11 is 1.57. The van der Waals surface area contributed by atoms with Crippen molar-refractivity contribution in [3.05, 3.63) is 58.3 Å². The highest BCUT2D eigenvalue weighted by atomic mass is 32.1. The number of carbonyl (C=O) groups is 2. The molecule has 0 saturated carbocycles. The van der Waals surface area contributed by atoms with Gasteiger partial charge in [0.15, 0.2) is 5.78 Å². The van der Waals surface area contributed by atoms with E-state index in [4.69, 9.17) is 5.11 Å². The molecule has 0 aliphatic rings. The molecule has 0 bridgehead atoms. The van der Waals surface area contributed by atoms with E-state index >= 15 is 0 Å². The second kappa shape index (κ2) is 6.68. The van der Waals surface area contributed by atoms with Crippen LogP contribution in [0.1, 0.15) is 15.2 Å². The molecule has 4 nitrogen and oxygen atoms in total. The predicted octanol–water partition coefficient (Wildman–Crippen LogP) is 3.14. The Labute approximate surface area is 120 Å². The van der Waals surface area contributed by atoms with E-state index in [1.54, 1.807) is 41.7 Å². The molecule has 0 radical (unpaired) electrons. The van der Waals surface area contributed by atoms with E-state index in [0.717, 1.165) is 4.88 Å². The summed E-state index contributed by atoms with van der Waals surface area (Å²) in [5, 5.41) is 13.2. The second-order valence-corrected chi connectivity index (χ2v) is 5.02. The predicted molar refractivity (Wildman–Crippen MR) is 80.3 cm³/mol. The fourth-order valence-electron chi connectivity index (χ4n) is 1.57. The van der Waals surface area contributed by atoms with Gasteiger partial charge in [-0.25, -0.2) is 0 Å². The molecule has 1 heterocycles. The van der Waals surface area contributed by atoms with Gasteiger partial charge < -0.3 is 10.4 Å². The smallest absolute Gasteiger partial charge is 0.322 e. The Bertz CT molecular complexity index is 615. The lowest BCUT2D eigenvalue weighted by atomic mass is 10.1. The SMILES string of the molecule is O=C(O)CNc1ccc(C(=O)/C=C/c2cccs2)cc1. The second-order valence-electron chi connectivity index (χ2n) is 4.04. The first-order valence-electron chi connectivity index (χ1n) is 5.97. The summed E-state index contributed by atoms with van der Waals surface area (Å²) < 4.78 is 0. The molecule has 0 saturated heterocycles. The highest BCUT2D eigenvalue weighted by Crippen LogP contribution is 2.13. The third kappa shape index (κ3) is 4.07. The lowest BCUT2D eigenvalue weighted by molar-refractivity contribution is -0.134. The first-order chi connectivity index (χ1) is 9.65. The maximum absolute atomic E-state index is 11.9. The van der Waals surface area contributed by atoms with Gasteiger partial charge in [0.2, 0.25) is 0 Å². The van der Waals surface area contributed by atoms with Gasteiger partial charge in [0.05, 0.1) is 0 Å². The van der Waals surface area contributed by atoms with E-state index in [1.165, 1.54) is 6.08 Å². The molecule has 0 atom stereocenters. The van der Waals surface area contributed by atoms with Crippen molar-refractivity contribution in [2.75, 3.05) is 11.9 Å². The number of allylic oxidation sites excluding steroid dienone is 1. The van der Waals surface area contributed by atoms with E-state index in [2.05, 4.69) is 5.32 Å². The number of aliphatic carboxylic acids is 1. The van der Waals surface area contributed by atoms with Crippen LogP contribution in [0, 0.1) is 0 Å². The fraction of sp³-hybridized carbons (Fsp3) is 0.0667. The average molecular weight is 287 g/mol. The van der Waals surface area contributed by atoms with E-state index < -0.39 is 5.97 Å². The zero-order chi connectivity index (χ0) is 14.4. The molecule has 1 aromatic carbocycles. The van der Waals surface area contributed by atoms with Crippen LogP contribution in [0.5, 0.6) is 0 Å². The number of carboxylic acid groups (broad SMARTS) is 1. The van der Waals surface area contributed by atoms with E-state index in [1.807, 2.05) is 17.5 Å². The number of ketones is 1. The Morgan fingerprint density at radius 3 is 2.55 bits per heavy atom. The topological polar surface area (TPSA) is 66.4 Å². The lowest BCUT2D eigenvalue weighted by Gasteiger charge is -2.03. The summed E-state index contributed by atoms with van der Waals surface area (Å²) in [6, 6.07) is 10.6. The Balaban J connectivity index is 1.98. The number of carbonyl (C=O) groups excluding carboxylic acids is 1. The number of hydrogen-bond donors (Lipinski definition) is 2. The fourth-order valence-corrected chi connectivity index (χ4v) is 2.19. The van der Waals surface area contributed by atoms with Gasteiger partial charge in [-0.15, -0.1) is 11.3 Å². The van der Waals surface area contributed by atoms with Gasteiger partial charge in [0.1, 0.15) is 6.54 Å². The summed E-state index contributed by atoms with van der Waals surface area (Å²) in [5.74, 6) is -1.01. The molecular weight excluding hydrogens is 274 g/mol. The van der Waals surface area contributed by atoms with E-state index in [9.17, 15) is 9.59 Å². The maximum atomic E-state index is 11.9. The normalized spacial score (nSPS) is 10.6. The Hall–Kier alpha value is -2.40. The van der Waals surface area contributed by atoms with Crippen molar-refractivity contribution in [2.45, 2.75) is 0 Å². The molecule has 2 aromatic rings. The molecule has 0 fully saturated rings. The van der Waals surface area contributed by atoms with Crippen molar-refractivity contribution >= 4 is 34.9 Å². The summed E-state index contributed by atoms with van der Waals surface area (Å²) in [7, 11) is 0. The molecule has 0 aliphatic heterocycles. The summed E-state index contributed by atoms with van der Waals surface area (Å²) in [6.45, 7) is -0.147. The molecule has 0 aliphatic carbocycles. The van der Waals surface area contributed by atoms with Crippen LogP contribution >= 0.6 is 11.3 Å². The highest BCUT2D eigenvalue weighted by Gasteiger charge is 2.02. The molecule has 0 amide bonds. The summed E-state index contributed by atoms with van der Waals surface area (Å²) in [5.41, 5.74) is 1.24. The van der Waals surface area contributed by atoms with Crippen LogP contribution in [0.4, 0.5) is 5.69 Å². The number of anilines is 1. The maximum Gasteiger partial charge on any atom is 0.322 e. The zero-order valence-corrected chi connectivity index (χ0v) is 11.4. The number of carboxylic acids is 1. The van der Waals surface area contributed by atoms with Gasteiger partial charge in [-0.1, -0.05) is 6.07 Å². The monoisotopic (exact) mass is 287 g/mol. The first-order valence-corrected chi connectivity index (χ1v) is 6.85. The van der Waals surface area contributed by atoms with Crippen LogP contribution in [0.25, 0.3) is 6.08 Å². The number of nitrogens with one attached hydrogen (secondary N) is 1. The van der Waals surface area contributed by atoms with Crippen molar-refractivity contribution in [3.63, 3.8) is 0 Å². The number of thiophene rings is 1. The minimum atomic E-state index is -0.927. The quantitative estimate of drug-likeness (QED) is 0.632. The van der Waals surface area contributed by atoms with Crippen LogP contribution in [0.15, 0.2) is 47.9 Å². The molecule has 1 aromatic heterocycles. The Morgan fingerprint density at radius 2 is 1.95 bits per heavy atom. The number of benzene rings is 1. The molecular formula is C15H13NO3S. The first kappa shape index (κ1) is 14.0. The summed E-state index contributed by atoms with van der Waals surface area (Å²) in [6.07, 6.45) is 3.31. The molecule has 20 heavy (non-hydrogen) atoms. The van der Waals surface area contributed by atoms with Crippen LogP contribution in [-0.4, -0.2) is 23.4 Å². The van der Waals surface area contributed by atoms with E-state index in [-0.39, 0.29) is 12.3 Å². The standard InChI is InChI=1S/C15H13NO3S/c17-14(8-7-13-2-1-9-20-13)11-3-5-12(6-4-11)16-10-15(18)19/h1-9,16H,10H2,(H,18,19)/b8-7+. The molecule has 102 valence electrons. The van der Waals surface area contributed by atoms with Crippen LogP contribution < -0.4 is 5.32 Å². The van der Waals surface area contributed by atoms with Gasteiger partial charge in [0.25, 0.3) is 0 Å². The largest absolute Gasteiger partial charge is 0.480 e. The Kier molecular flexibility index (Phi) is 4.68. The minimum absolute atomic E-state index is 0.0804. The zero-order valence-electron chi connectivity index (χ0n) is 10.6. The lowest BCUT2D eigenvalue weighted by Crippen LogP contribution is -2.12. The van der Waals surface area contributed by atoms with E-state index in [0.29, 0.717) is 11.3 Å². The number of rotatable bonds is 6. The van der Waals surface area contributed by atoms with Crippen molar-refractivity contribution in [2.24, 2.45) is 0 Å². The third-order valence-corrected chi connectivity index (χ3v) is 3.39. The van der Waals surface area contributed by atoms with Crippen molar-refractivity contribution in [1.82, 2.24) is 0 Å². The van der Waals surface area contributed by atoms with Crippen LogP contribution in [0.3, 0.4) is 0 Å². The van der Waals surface area contributed by atoms with Gasteiger partial charge in [-0.05, 0) is 47.9 Å². The Morgan fingerprint density at radius 1 is 1.20 bits per heavy atom. The number of hydrogen-bond acceptors (Lipinski definition) is 4. The van der Waals surface area contributed by atoms with Gasteiger partial charge in [0, 0.05) is 16.1 Å². The molecule has 2 rings (SSSR count). The van der Waals surface area contributed by atoms with Crippen molar-refractivity contribution in [3.8, 4) is 0 Å². The third-order valence-electron chi connectivity index (χ3n) is 2.56.